The van der Waals surface area contributed by atoms with E-state index in [-0.39, 0.29) is 6.04 Å². The van der Waals surface area contributed by atoms with Crippen molar-refractivity contribution >= 4 is 11.6 Å². The Morgan fingerprint density at radius 2 is 2.20 bits per heavy atom. The van der Waals surface area contributed by atoms with E-state index in [4.69, 9.17) is 10.6 Å². The van der Waals surface area contributed by atoms with Crippen molar-refractivity contribution in [1.29, 1.82) is 0 Å². The number of nitrogens with two attached hydrogens (primary N) is 1. The van der Waals surface area contributed by atoms with Gasteiger partial charge in [0.05, 0.1) is 12.6 Å². The van der Waals surface area contributed by atoms with Gasteiger partial charge in [0.2, 0.25) is 5.96 Å². The van der Waals surface area contributed by atoms with E-state index in [1.807, 2.05) is 6.92 Å². The average Bonchev–Trinajstić information content (AvgIpc) is 2.47. The normalized spacial score (nSPS) is 16.4. The number of ether oxygens (including phenoxy) is 1. The average molecular weight is 276 g/mol. The van der Waals surface area contributed by atoms with Gasteiger partial charge in [-0.1, -0.05) is 12.1 Å². The molecular weight excluding hydrogens is 252 g/mol. The standard InChI is InChI=1S/C15H24N4O/c1-11(10-20-2)17-15(19-16)18-14-9-5-7-12-6-3-4-8-13(12)14/h5,7,9,11H,3-4,6,8,10,16H2,1-2H3,(H2,17,18,19). The molecule has 0 aromatic heterocycles. The third kappa shape index (κ3) is 3.71. The SMILES string of the molecule is COCC(C)N=C(NN)Nc1cccc2c1CCCC2. The summed E-state index contributed by atoms with van der Waals surface area (Å²) in [4.78, 5) is 4.47. The summed E-state index contributed by atoms with van der Waals surface area (Å²) >= 11 is 0. The summed E-state index contributed by atoms with van der Waals surface area (Å²) in [6.07, 6.45) is 4.79. The van der Waals surface area contributed by atoms with Crippen LogP contribution in [0.25, 0.3) is 0 Å². The predicted octanol–water partition coefficient (Wildman–Crippen LogP) is 1.83. The minimum atomic E-state index is 0.0538. The zero-order chi connectivity index (χ0) is 14.4. The quantitative estimate of drug-likeness (QED) is 0.339. The summed E-state index contributed by atoms with van der Waals surface area (Å²) in [6.45, 7) is 2.56. The molecule has 5 nitrogen and oxygen atoms in total. The van der Waals surface area contributed by atoms with Gasteiger partial charge in [-0.05, 0) is 49.8 Å². The number of aryl methyl sites for hydroxylation is 1. The molecule has 0 aliphatic heterocycles. The molecule has 1 aromatic rings. The highest BCUT2D eigenvalue weighted by atomic mass is 16.5. The van der Waals surface area contributed by atoms with E-state index in [2.05, 4.69) is 33.9 Å². The van der Waals surface area contributed by atoms with Crippen LogP contribution in [0.3, 0.4) is 0 Å². The van der Waals surface area contributed by atoms with E-state index in [1.165, 1.54) is 24.0 Å². The zero-order valence-electron chi connectivity index (χ0n) is 12.3. The van der Waals surface area contributed by atoms with E-state index in [0.29, 0.717) is 12.6 Å². The van der Waals surface area contributed by atoms with Crippen molar-refractivity contribution in [2.45, 2.75) is 38.6 Å². The van der Waals surface area contributed by atoms with Crippen molar-refractivity contribution < 1.29 is 4.74 Å². The Labute approximate surface area is 120 Å². The number of hydrogen-bond donors (Lipinski definition) is 3. The van der Waals surface area contributed by atoms with Gasteiger partial charge in [-0.15, -0.1) is 0 Å². The van der Waals surface area contributed by atoms with Crippen LogP contribution in [0.2, 0.25) is 0 Å². The van der Waals surface area contributed by atoms with E-state index in [9.17, 15) is 0 Å². The molecule has 0 radical (unpaired) electrons. The van der Waals surface area contributed by atoms with Crippen LogP contribution >= 0.6 is 0 Å². The smallest absolute Gasteiger partial charge is 0.210 e. The monoisotopic (exact) mass is 276 g/mol. The molecule has 1 aliphatic rings. The van der Waals surface area contributed by atoms with Crippen LogP contribution in [0, 0.1) is 0 Å². The maximum absolute atomic E-state index is 5.56. The van der Waals surface area contributed by atoms with Crippen LogP contribution in [-0.4, -0.2) is 25.7 Å². The Balaban J connectivity index is 2.15. The molecule has 2 rings (SSSR count). The summed E-state index contributed by atoms with van der Waals surface area (Å²) in [5, 5.41) is 3.30. The molecule has 0 spiro atoms. The molecule has 1 unspecified atom stereocenters. The number of aliphatic imine (C=N–C) groups is 1. The molecule has 5 heteroatoms. The molecule has 0 heterocycles. The van der Waals surface area contributed by atoms with Crippen molar-refractivity contribution in [2.75, 3.05) is 19.0 Å². The molecule has 20 heavy (non-hydrogen) atoms. The number of nitrogens with one attached hydrogen (secondary N) is 2. The topological polar surface area (TPSA) is 71.7 Å². The molecule has 110 valence electrons. The first-order valence-electron chi connectivity index (χ1n) is 7.15. The Bertz CT molecular complexity index is 473. The van der Waals surface area contributed by atoms with Gasteiger partial charge in [-0.2, -0.15) is 0 Å². The van der Waals surface area contributed by atoms with E-state index in [1.54, 1.807) is 7.11 Å². The summed E-state index contributed by atoms with van der Waals surface area (Å²) in [7, 11) is 1.67. The number of methoxy groups -OCH3 is 1. The third-order valence-electron chi connectivity index (χ3n) is 3.54. The fourth-order valence-corrected chi connectivity index (χ4v) is 2.63. The number of nitrogens with zero attached hydrogens (tertiary/aromatic N) is 1. The minimum absolute atomic E-state index is 0.0538. The van der Waals surface area contributed by atoms with Crippen LogP contribution < -0.4 is 16.6 Å². The molecule has 0 bridgehead atoms. The molecule has 0 amide bonds. The molecular formula is C15H24N4O. The number of guanidine groups is 1. The Morgan fingerprint density at radius 1 is 1.40 bits per heavy atom. The van der Waals surface area contributed by atoms with E-state index in [0.717, 1.165) is 18.5 Å². The predicted molar refractivity (Wildman–Crippen MR) is 82.8 cm³/mol. The van der Waals surface area contributed by atoms with Crippen molar-refractivity contribution in [2.24, 2.45) is 10.8 Å². The zero-order valence-corrected chi connectivity index (χ0v) is 12.3. The molecule has 0 saturated carbocycles. The summed E-state index contributed by atoms with van der Waals surface area (Å²) in [6, 6.07) is 6.43. The Kier molecular flexibility index (Phi) is 5.38. The van der Waals surface area contributed by atoms with Gasteiger partial charge in [0.1, 0.15) is 0 Å². The second kappa shape index (κ2) is 7.26. The van der Waals surface area contributed by atoms with Gasteiger partial charge in [-0.3, -0.25) is 5.43 Å². The Hall–Kier alpha value is -1.59. The number of hydrazine groups is 1. The van der Waals surface area contributed by atoms with Gasteiger partial charge in [-0.25, -0.2) is 10.8 Å². The van der Waals surface area contributed by atoms with Crippen LogP contribution in [0.4, 0.5) is 5.69 Å². The number of anilines is 1. The maximum Gasteiger partial charge on any atom is 0.210 e. The van der Waals surface area contributed by atoms with Crippen LogP contribution in [0.15, 0.2) is 23.2 Å². The summed E-state index contributed by atoms with van der Waals surface area (Å²) in [5.41, 5.74) is 6.55. The van der Waals surface area contributed by atoms with Gasteiger partial charge in [0.15, 0.2) is 0 Å². The molecule has 0 saturated heterocycles. The molecule has 1 aliphatic carbocycles. The van der Waals surface area contributed by atoms with Gasteiger partial charge >= 0.3 is 0 Å². The fraction of sp³-hybridized carbons (Fsp3) is 0.533. The summed E-state index contributed by atoms with van der Waals surface area (Å²) < 4.78 is 5.09. The largest absolute Gasteiger partial charge is 0.382 e. The van der Waals surface area contributed by atoms with Crippen molar-refractivity contribution in [3.63, 3.8) is 0 Å². The lowest BCUT2D eigenvalue weighted by molar-refractivity contribution is 0.185. The first kappa shape index (κ1) is 14.8. The molecule has 1 aromatic carbocycles. The lowest BCUT2D eigenvalue weighted by atomic mass is 9.90. The highest BCUT2D eigenvalue weighted by Gasteiger charge is 2.13. The van der Waals surface area contributed by atoms with E-state index < -0.39 is 0 Å². The lowest BCUT2D eigenvalue weighted by Crippen LogP contribution is -2.37. The van der Waals surface area contributed by atoms with Gasteiger partial charge in [0, 0.05) is 12.8 Å². The second-order valence-electron chi connectivity index (χ2n) is 5.20. The molecule has 0 fully saturated rings. The van der Waals surface area contributed by atoms with Gasteiger partial charge < -0.3 is 10.1 Å². The maximum atomic E-state index is 5.56. The van der Waals surface area contributed by atoms with Crippen LogP contribution in [0.1, 0.15) is 30.9 Å². The molecule has 1 atom stereocenters. The van der Waals surface area contributed by atoms with Crippen molar-refractivity contribution in [3.05, 3.63) is 29.3 Å². The highest BCUT2D eigenvalue weighted by Crippen LogP contribution is 2.27. The van der Waals surface area contributed by atoms with Crippen LogP contribution in [0.5, 0.6) is 0 Å². The van der Waals surface area contributed by atoms with Crippen LogP contribution in [-0.2, 0) is 17.6 Å². The Morgan fingerprint density at radius 3 is 2.95 bits per heavy atom. The number of fused-ring (bicyclic) bond motifs is 1. The second-order valence-corrected chi connectivity index (χ2v) is 5.20. The first-order chi connectivity index (χ1) is 9.74. The van der Waals surface area contributed by atoms with Gasteiger partial charge in [0.25, 0.3) is 0 Å². The summed E-state index contributed by atoms with van der Waals surface area (Å²) in [5.74, 6) is 6.13. The lowest BCUT2D eigenvalue weighted by Gasteiger charge is -2.21. The van der Waals surface area contributed by atoms with Crippen molar-refractivity contribution in [1.82, 2.24) is 5.43 Å². The number of hydrogen-bond acceptors (Lipinski definition) is 3. The highest BCUT2D eigenvalue weighted by molar-refractivity contribution is 5.94. The fourth-order valence-electron chi connectivity index (χ4n) is 2.63. The third-order valence-corrected chi connectivity index (χ3v) is 3.54. The minimum Gasteiger partial charge on any atom is -0.382 e. The number of benzene rings is 1. The van der Waals surface area contributed by atoms with Crippen molar-refractivity contribution in [3.8, 4) is 0 Å². The number of rotatable bonds is 4. The van der Waals surface area contributed by atoms with E-state index >= 15 is 0 Å². The first-order valence-corrected chi connectivity index (χ1v) is 7.15. The molecule has 4 N–H and O–H groups in total.